The molecule has 2 unspecified atom stereocenters. The number of imidazole rings is 1. The summed E-state index contributed by atoms with van der Waals surface area (Å²) in [7, 11) is 0. The second kappa shape index (κ2) is 7.11. The van der Waals surface area contributed by atoms with Crippen LogP contribution in [0.15, 0.2) is 67.1 Å². The molecular formula is C21H23N3O. The molecule has 4 heteroatoms. The Morgan fingerprint density at radius 1 is 1.04 bits per heavy atom. The summed E-state index contributed by atoms with van der Waals surface area (Å²) in [6.07, 6.45) is 7.64. The highest BCUT2D eigenvalue weighted by molar-refractivity contribution is 5.40. The van der Waals surface area contributed by atoms with Crippen molar-refractivity contribution < 1.29 is 4.74 Å². The van der Waals surface area contributed by atoms with Gasteiger partial charge in [-0.2, -0.15) is 0 Å². The topological polar surface area (TPSA) is 53.1 Å². The predicted octanol–water partition coefficient (Wildman–Crippen LogP) is 4.51. The maximum absolute atomic E-state index is 5.84. The van der Waals surface area contributed by atoms with E-state index in [1.54, 1.807) is 0 Å². The summed E-state index contributed by atoms with van der Waals surface area (Å²) in [5.74, 6) is 3.07. The normalized spacial score (nSPS) is 18.9. The third-order valence-electron chi connectivity index (χ3n) is 4.80. The van der Waals surface area contributed by atoms with Crippen molar-refractivity contribution in [3.63, 3.8) is 0 Å². The zero-order valence-electron chi connectivity index (χ0n) is 14.2. The van der Waals surface area contributed by atoms with Gasteiger partial charge in [-0.1, -0.05) is 18.2 Å². The van der Waals surface area contributed by atoms with Crippen LogP contribution in [0, 0.1) is 5.92 Å². The number of ether oxygens (including phenoxy) is 1. The van der Waals surface area contributed by atoms with Crippen molar-refractivity contribution in [2.75, 3.05) is 6.54 Å². The van der Waals surface area contributed by atoms with Crippen LogP contribution in [0.3, 0.4) is 0 Å². The number of benzene rings is 2. The van der Waals surface area contributed by atoms with E-state index in [4.69, 9.17) is 10.5 Å². The first-order valence-electron chi connectivity index (χ1n) is 8.91. The van der Waals surface area contributed by atoms with Crippen molar-refractivity contribution in [2.45, 2.75) is 25.2 Å². The number of hydrogen-bond acceptors (Lipinski definition) is 3. The molecule has 0 radical (unpaired) electrons. The van der Waals surface area contributed by atoms with Crippen LogP contribution >= 0.6 is 0 Å². The Bertz CT molecular complexity index is 811. The summed E-state index contributed by atoms with van der Waals surface area (Å²) in [5.41, 5.74) is 7.90. The minimum atomic E-state index is 0.619. The molecule has 1 aliphatic rings. The second-order valence-corrected chi connectivity index (χ2v) is 6.65. The molecule has 1 aliphatic carbocycles. The van der Waals surface area contributed by atoms with E-state index >= 15 is 0 Å². The molecule has 4 rings (SSSR count). The maximum Gasteiger partial charge on any atom is 0.127 e. The van der Waals surface area contributed by atoms with Gasteiger partial charge < -0.3 is 15.0 Å². The van der Waals surface area contributed by atoms with Crippen molar-refractivity contribution in [1.82, 2.24) is 9.55 Å². The highest BCUT2D eigenvalue weighted by Crippen LogP contribution is 2.49. The summed E-state index contributed by atoms with van der Waals surface area (Å²) in [6.45, 7) is 0.787. The zero-order chi connectivity index (χ0) is 17.1. The van der Waals surface area contributed by atoms with Crippen LogP contribution < -0.4 is 10.5 Å². The molecular weight excluding hydrogens is 310 g/mol. The molecule has 2 atom stereocenters. The van der Waals surface area contributed by atoms with Gasteiger partial charge in [0.25, 0.3) is 0 Å². The van der Waals surface area contributed by atoms with Gasteiger partial charge >= 0.3 is 0 Å². The van der Waals surface area contributed by atoms with Crippen molar-refractivity contribution in [2.24, 2.45) is 11.7 Å². The van der Waals surface area contributed by atoms with E-state index in [1.807, 2.05) is 48.8 Å². The van der Waals surface area contributed by atoms with E-state index in [0.717, 1.165) is 36.1 Å². The first-order valence-corrected chi connectivity index (χ1v) is 8.91. The minimum Gasteiger partial charge on any atom is -0.457 e. The lowest BCUT2D eigenvalue weighted by Gasteiger charge is -2.07. The van der Waals surface area contributed by atoms with Gasteiger partial charge in [-0.25, -0.2) is 4.98 Å². The van der Waals surface area contributed by atoms with Crippen molar-refractivity contribution in [3.8, 4) is 17.2 Å². The summed E-state index contributed by atoms with van der Waals surface area (Å²) >= 11 is 0. The highest BCUT2D eigenvalue weighted by atomic mass is 16.5. The van der Waals surface area contributed by atoms with Gasteiger partial charge in [-0.05, 0) is 68.1 Å². The quantitative estimate of drug-likeness (QED) is 0.692. The van der Waals surface area contributed by atoms with E-state index in [1.165, 1.54) is 18.5 Å². The molecule has 25 heavy (non-hydrogen) atoms. The monoisotopic (exact) mass is 333 g/mol. The molecule has 0 bridgehead atoms. The average Bonchev–Trinajstić information content (AvgIpc) is 3.26. The standard InChI is InChI=1S/C21H23N3O/c22-12-4-5-16-13-20(16)21-14-24(15-23-21)17-8-10-19(11-9-17)25-18-6-2-1-3-7-18/h1-3,6-11,14-16,20H,4-5,12-13,22H2. The van der Waals surface area contributed by atoms with Crippen LogP contribution in [-0.4, -0.2) is 16.1 Å². The highest BCUT2D eigenvalue weighted by Gasteiger charge is 2.39. The Balaban J connectivity index is 1.41. The van der Waals surface area contributed by atoms with E-state index in [9.17, 15) is 0 Å². The number of aromatic nitrogens is 2. The molecule has 3 aromatic rings. The Morgan fingerprint density at radius 3 is 2.56 bits per heavy atom. The van der Waals surface area contributed by atoms with Gasteiger partial charge in [0.2, 0.25) is 0 Å². The predicted molar refractivity (Wildman–Crippen MR) is 99.2 cm³/mol. The summed E-state index contributed by atoms with van der Waals surface area (Å²) < 4.78 is 7.92. The average molecular weight is 333 g/mol. The first kappa shape index (κ1) is 15.9. The molecule has 4 nitrogen and oxygen atoms in total. The molecule has 0 spiro atoms. The molecule has 1 heterocycles. The lowest BCUT2D eigenvalue weighted by Crippen LogP contribution is -1.98. The van der Waals surface area contributed by atoms with Crippen LogP contribution in [0.2, 0.25) is 0 Å². The number of rotatable bonds is 7. The Kier molecular flexibility index (Phi) is 4.53. The first-order chi connectivity index (χ1) is 12.3. The molecule has 2 N–H and O–H groups in total. The van der Waals surface area contributed by atoms with E-state index in [-0.39, 0.29) is 0 Å². The number of hydrogen-bond donors (Lipinski definition) is 1. The van der Waals surface area contributed by atoms with Gasteiger partial charge in [0.15, 0.2) is 0 Å². The SMILES string of the molecule is NCCCC1CC1c1cn(-c2ccc(Oc3ccccc3)cc2)cn1. The minimum absolute atomic E-state index is 0.619. The number of nitrogens with zero attached hydrogens (tertiary/aromatic N) is 2. The molecule has 1 saturated carbocycles. The van der Waals surface area contributed by atoms with Gasteiger partial charge in [-0.3, -0.25) is 0 Å². The van der Waals surface area contributed by atoms with Crippen LogP contribution in [0.4, 0.5) is 0 Å². The summed E-state index contributed by atoms with van der Waals surface area (Å²) in [6, 6.07) is 17.9. The second-order valence-electron chi connectivity index (χ2n) is 6.65. The third kappa shape index (κ3) is 3.74. The summed E-state index contributed by atoms with van der Waals surface area (Å²) in [5, 5.41) is 0. The molecule has 128 valence electrons. The number of nitrogens with two attached hydrogens (primary N) is 1. The lowest BCUT2D eigenvalue weighted by molar-refractivity contribution is 0.482. The van der Waals surface area contributed by atoms with Crippen LogP contribution in [-0.2, 0) is 0 Å². The molecule has 0 saturated heterocycles. The van der Waals surface area contributed by atoms with Crippen molar-refractivity contribution in [3.05, 3.63) is 72.8 Å². The van der Waals surface area contributed by atoms with Gasteiger partial charge in [0.1, 0.15) is 11.5 Å². The van der Waals surface area contributed by atoms with E-state index in [2.05, 4.69) is 27.9 Å². The summed E-state index contributed by atoms with van der Waals surface area (Å²) in [4.78, 5) is 4.60. The van der Waals surface area contributed by atoms with Gasteiger partial charge in [0, 0.05) is 17.8 Å². The van der Waals surface area contributed by atoms with Gasteiger partial charge in [-0.15, -0.1) is 0 Å². The molecule has 1 aromatic heterocycles. The van der Waals surface area contributed by atoms with Crippen molar-refractivity contribution in [1.29, 1.82) is 0 Å². The fourth-order valence-corrected chi connectivity index (χ4v) is 3.29. The van der Waals surface area contributed by atoms with Crippen LogP contribution in [0.5, 0.6) is 11.5 Å². The van der Waals surface area contributed by atoms with Crippen LogP contribution in [0.25, 0.3) is 5.69 Å². The van der Waals surface area contributed by atoms with E-state index < -0.39 is 0 Å². The molecule has 0 aliphatic heterocycles. The molecule has 1 fully saturated rings. The molecule has 0 amide bonds. The van der Waals surface area contributed by atoms with E-state index in [0.29, 0.717) is 5.92 Å². The fourth-order valence-electron chi connectivity index (χ4n) is 3.29. The lowest BCUT2D eigenvalue weighted by atomic mass is 10.1. The Hall–Kier alpha value is -2.59. The van der Waals surface area contributed by atoms with Crippen molar-refractivity contribution >= 4 is 0 Å². The Morgan fingerprint density at radius 2 is 1.80 bits per heavy atom. The third-order valence-corrected chi connectivity index (χ3v) is 4.80. The Labute approximate surface area is 148 Å². The molecule has 2 aromatic carbocycles. The largest absolute Gasteiger partial charge is 0.457 e. The number of para-hydroxylation sites is 1. The van der Waals surface area contributed by atoms with Crippen LogP contribution in [0.1, 0.15) is 30.9 Å². The zero-order valence-corrected chi connectivity index (χ0v) is 14.2. The maximum atomic E-state index is 5.84. The smallest absolute Gasteiger partial charge is 0.127 e. The van der Waals surface area contributed by atoms with Gasteiger partial charge in [0.05, 0.1) is 12.0 Å². The fraction of sp³-hybridized carbons (Fsp3) is 0.286.